The van der Waals surface area contributed by atoms with Crippen LogP contribution in [0.5, 0.6) is 0 Å². The number of hydrogen-bond donors (Lipinski definition) is 0. The highest BCUT2D eigenvalue weighted by molar-refractivity contribution is 8.18. The lowest BCUT2D eigenvalue weighted by atomic mass is 10.1. The van der Waals surface area contributed by atoms with Crippen LogP contribution in [-0.2, 0) is 11.2 Å². The van der Waals surface area contributed by atoms with E-state index >= 15 is 0 Å². The Bertz CT molecular complexity index is 1400. The Balaban J connectivity index is 1.44. The van der Waals surface area contributed by atoms with Crippen molar-refractivity contribution in [3.63, 3.8) is 0 Å². The van der Waals surface area contributed by atoms with E-state index in [2.05, 4.69) is 54.8 Å². The molecule has 5 heteroatoms. The highest BCUT2D eigenvalue weighted by atomic mass is 32.2. The summed E-state index contributed by atoms with van der Waals surface area (Å²) < 4.78 is 2.22. The molecule has 0 N–H and O–H groups in total. The molecule has 0 atom stereocenters. The molecular weight excluding hydrogens is 428 g/mol. The van der Waals surface area contributed by atoms with Crippen molar-refractivity contribution in [1.82, 2.24) is 9.47 Å². The molecule has 0 unspecified atom stereocenters. The normalized spacial score (nSPS) is 15.2. The van der Waals surface area contributed by atoms with Gasteiger partial charge in [0, 0.05) is 23.3 Å². The second kappa shape index (κ2) is 8.75. The SMILES string of the molecule is Cc1cc(/C=C2\SC(=O)N(CCc3ccccc3)C2=O)c(C)n1-c1cccc2ccccc12. The van der Waals surface area contributed by atoms with E-state index in [0.717, 1.165) is 40.0 Å². The maximum Gasteiger partial charge on any atom is 0.293 e. The average Bonchev–Trinajstić information content (AvgIpc) is 3.26. The smallest absolute Gasteiger partial charge is 0.293 e. The monoisotopic (exact) mass is 452 g/mol. The minimum Gasteiger partial charge on any atom is -0.317 e. The zero-order chi connectivity index (χ0) is 22.9. The summed E-state index contributed by atoms with van der Waals surface area (Å²) in [5.41, 5.74) is 5.30. The third kappa shape index (κ3) is 4.00. The Morgan fingerprint density at radius 3 is 2.42 bits per heavy atom. The van der Waals surface area contributed by atoms with E-state index in [1.807, 2.05) is 48.5 Å². The molecule has 1 aliphatic heterocycles. The average molecular weight is 453 g/mol. The van der Waals surface area contributed by atoms with Gasteiger partial charge in [-0.1, -0.05) is 66.7 Å². The van der Waals surface area contributed by atoms with Crippen LogP contribution in [0.3, 0.4) is 0 Å². The summed E-state index contributed by atoms with van der Waals surface area (Å²) in [7, 11) is 0. The quantitative estimate of drug-likeness (QED) is 0.324. The second-order valence-corrected chi connectivity index (χ2v) is 9.22. The van der Waals surface area contributed by atoms with Crippen LogP contribution >= 0.6 is 11.8 Å². The zero-order valence-corrected chi connectivity index (χ0v) is 19.4. The van der Waals surface area contributed by atoms with Crippen molar-refractivity contribution in [1.29, 1.82) is 0 Å². The van der Waals surface area contributed by atoms with E-state index in [9.17, 15) is 9.59 Å². The fraction of sp³-hybridized carbons (Fsp3) is 0.143. The summed E-state index contributed by atoms with van der Waals surface area (Å²) in [4.78, 5) is 27.4. The van der Waals surface area contributed by atoms with Gasteiger partial charge in [0.1, 0.15) is 0 Å². The summed E-state index contributed by atoms with van der Waals surface area (Å²) in [5, 5.41) is 2.16. The van der Waals surface area contributed by atoms with E-state index in [0.29, 0.717) is 17.9 Å². The molecule has 0 saturated carbocycles. The highest BCUT2D eigenvalue weighted by Crippen LogP contribution is 2.34. The Labute approximate surface area is 197 Å². The lowest BCUT2D eigenvalue weighted by Gasteiger charge is -2.13. The van der Waals surface area contributed by atoms with Crippen LogP contribution < -0.4 is 0 Å². The summed E-state index contributed by atoms with van der Waals surface area (Å²) in [5.74, 6) is -0.212. The number of carbonyl (C=O) groups is 2. The molecular formula is C28H24N2O2S. The number of benzene rings is 3. The molecule has 1 aromatic heterocycles. The van der Waals surface area contributed by atoms with Gasteiger partial charge in [0.15, 0.2) is 0 Å². The number of aromatic nitrogens is 1. The highest BCUT2D eigenvalue weighted by Gasteiger charge is 2.34. The van der Waals surface area contributed by atoms with Crippen molar-refractivity contribution in [3.8, 4) is 5.69 Å². The molecule has 0 bridgehead atoms. The van der Waals surface area contributed by atoms with Gasteiger partial charge in [0.05, 0.1) is 10.6 Å². The molecule has 1 aliphatic rings. The first kappa shape index (κ1) is 21.3. The van der Waals surface area contributed by atoms with Gasteiger partial charge in [-0.15, -0.1) is 0 Å². The summed E-state index contributed by atoms with van der Waals surface area (Å²) >= 11 is 1.02. The topological polar surface area (TPSA) is 42.3 Å². The van der Waals surface area contributed by atoms with E-state index in [-0.39, 0.29) is 11.1 Å². The van der Waals surface area contributed by atoms with Gasteiger partial charge in [0.2, 0.25) is 0 Å². The van der Waals surface area contributed by atoms with Crippen molar-refractivity contribution in [2.24, 2.45) is 0 Å². The maximum absolute atomic E-state index is 13.0. The third-order valence-corrected chi connectivity index (χ3v) is 7.01. The molecule has 33 heavy (non-hydrogen) atoms. The first-order valence-corrected chi connectivity index (χ1v) is 11.8. The molecule has 2 heterocycles. The lowest BCUT2D eigenvalue weighted by molar-refractivity contribution is -0.122. The standard InChI is InChI=1S/C28H24N2O2S/c1-19-17-23(20(2)30(19)25-14-8-12-22-11-6-7-13-24(22)25)18-26-27(31)29(28(32)33-26)16-15-21-9-4-3-5-10-21/h3-14,17-18H,15-16H2,1-2H3/b26-18-. The summed E-state index contributed by atoms with van der Waals surface area (Å²) in [6.45, 7) is 4.51. The first-order chi connectivity index (χ1) is 16.0. The molecule has 0 spiro atoms. The number of aryl methyl sites for hydroxylation is 1. The number of thioether (sulfide) groups is 1. The van der Waals surface area contributed by atoms with Gasteiger partial charge in [-0.05, 0) is 66.8 Å². The lowest BCUT2D eigenvalue weighted by Crippen LogP contribution is -2.30. The number of imide groups is 1. The van der Waals surface area contributed by atoms with Gasteiger partial charge in [0.25, 0.3) is 11.1 Å². The number of rotatable bonds is 5. The van der Waals surface area contributed by atoms with Gasteiger partial charge in [-0.3, -0.25) is 14.5 Å². The molecule has 5 rings (SSSR count). The molecule has 1 saturated heterocycles. The van der Waals surface area contributed by atoms with Crippen LogP contribution in [-0.4, -0.2) is 27.2 Å². The van der Waals surface area contributed by atoms with Crippen LogP contribution in [0, 0.1) is 13.8 Å². The van der Waals surface area contributed by atoms with E-state index < -0.39 is 0 Å². The van der Waals surface area contributed by atoms with Crippen molar-refractivity contribution < 1.29 is 9.59 Å². The van der Waals surface area contributed by atoms with Crippen molar-refractivity contribution in [3.05, 3.63) is 106 Å². The molecule has 164 valence electrons. The van der Waals surface area contributed by atoms with Gasteiger partial charge in [-0.25, -0.2) is 0 Å². The van der Waals surface area contributed by atoms with Crippen molar-refractivity contribution in [2.75, 3.05) is 6.54 Å². The molecule has 0 radical (unpaired) electrons. The van der Waals surface area contributed by atoms with E-state index in [1.54, 1.807) is 0 Å². The van der Waals surface area contributed by atoms with Crippen molar-refractivity contribution >= 4 is 39.8 Å². The van der Waals surface area contributed by atoms with Gasteiger partial charge < -0.3 is 4.57 Å². The van der Waals surface area contributed by atoms with Gasteiger partial charge in [-0.2, -0.15) is 0 Å². The molecule has 1 fully saturated rings. The predicted octanol–water partition coefficient (Wildman–Crippen LogP) is 6.53. The molecule has 0 aliphatic carbocycles. The van der Waals surface area contributed by atoms with Crippen LogP contribution in [0.4, 0.5) is 4.79 Å². The van der Waals surface area contributed by atoms with Gasteiger partial charge >= 0.3 is 0 Å². The molecule has 2 amide bonds. The number of fused-ring (bicyclic) bond motifs is 1. The van der Waals surface area contributed by atoms with Crippen molar-refractivity contribution in [2.45, 2.75) is 20.3 Å². The van der Waals surface area contributed by atoms with E-state index in [4.69, 9.17) is 0 Å². The number of amides is 2. The van der Waals surface area contributed by atoms with Crippen LogP contribution in [0.2, 0.25) is 0 Å². The number of carbonyl (C=O) groups excluding carboxylic acids is 2. The maximum atomic E-state index is 13.0. The number of hydrogen-bond acceptors (Lipinski definition) is 3. The molecule has 4 aromatic rings. The minimum atomic E-state index is -0.212. The van der Waals surface area contributed by atoms with E-state index in [1.165, 1.54) is 15.7 Å². The second-order valence-electron chi connectivity index (χ2n) is 8.23. The zero-order valence-electron chi connectivity index (χ0n) is 18.6. The third-order valence-electron chi connectivity index (χ3n) is 6.10. The predicted molar refractivity (Wildman–Crippen MR) is 136 cm³/mol. The molecule has 3 aromatic carbocycles. The Hall–Kier alpha value is -3.57. The Morgan fingerprint density at radius 2 is 1.61 bits per heavy atom. The first-order valence-electron chi connectivity index (χ1n) is 11.0. The van der Waals surface area contributed by atoms with Crippen LogP contribution in [0.1, 0.15) is 22.5 Å². The van der Waals surface area contributed by atoms with Crippen LogP contribution in [0.15, 0.2) is 83.8 Å². The number of nitrogens with zero attached hydrogens (tertiary/aromatic N) is 2. The summed E-state index contributed by atoms with van der Waals surface area (Å²) in [6.07, 6.45) is 2.51. The Kier molecular flexibility index (Phi) is 5.65. The fourth-order valence-corrected chi connectivity index (χ4v) is 5.28. The van der Waals surface area contributed by atoms with Crippen LogP contribution in [0.25, 0.3) is 22.5 Å². The molecule has 4 nitrogen and oxygen atoms in total. The Morgan fingerprint density at radius 1 is 0.879 bits per heavy atom. The minimum absolute atomic E-state index is 0.204. The largest absolute Gasteiger partial charge is 0.317 e. The summed E-state index contributed by atoms with van der Waals surface area (Å²) in [6, 6.07) is 26.6. The fourth-order valence-electron chi connectivity index (χ4n) is 4.43.